The van der Waals surface area contributed by atoms with E-state index in [0.717, 1.165) is 71.6 Å². The molecule has 1 fully saturated rings. The maximum atomic E-state index is 12.9. The van der Waals surface area contributed by atoms with Crippen molar-refractivity contribution < 1.29 is 4.79 Å². The Bertz CT molecular complexity index is 1310. The van der Waals surface area contributed by atoms with E-state index < -0.39 is 0 Å². The van der Waals surface area contributed by atoms with Gasteiger partial charge in [0.1, 0.15) is 5.82 Å². The van der Waals surface area contributed by atoms with Crippen molar-refractivity contribution in [1.82, 2.24) is 14.5 Å². The van der Waals surface area contributed by atoms with Gasteiger partial charge in [0.15, 0.2) is 0 Å². The fraction of sp³-hybridized carbons (Fsp3) is 0.286. The van der Waals surface area contributed by atoms with Crippen LogP contribution in [0.15, 0.2) is 77.3 Å². The van der Waals surface area contributed by atoms with Crippen molar-refractivity contribution in [1.29, 1.82) is 0 Å². The molecule has 4 aromatic rings. The quantitative estimate of drug-likeness (QED) is 0.331. The summed E-state index contributed by atoms with van der Waals surface area (Å²) in [6, 6.07) is 24.8. The molecule has 1 aliphatic heterocycles. The number of nitrogens with one attached hydrogen (secondary N) is 1. The lowest BCUT2D eigenvalue weighted by Gasteiger charge is -2.31. The number of anilines is 1. The Morgan fingerprint density at radius 2 is 1.82 bits per heavy atom. The molecule has 0 atom stereocenters. The number of aromatic nitrogens is 2. The van der Waals surface area contributed by atoms with Crippen LogP contribution in [0.2, 0.25) is 0 Å². The highest BCUT2D eigenvalue weighted by atomic mass is 79.9. The molecule has 0 unspecified atom stereocenters. The Kier molecular flexibility index (Phi) is 6.79. The molecule has 0 radical (unpaired) electrons. The molecule has 0 spiro atoms. The van der Waals surface area contributed by atoms with E-state index in [2.05, 4.69) is 86.2 Å². The number of para-hydroxylation sites is 2. The van der Waals surface area contributed by atoms with E-state index in [4.69, 9.17) is 4.98 Å². The normalized spacial score (nSPS) is 15.0. The monoisotopic (exact) mass is 516 g/mol. The topological polar surface area (TPSA) is 50.2 Å². The second kappa shape index (κ2) is 10.1. The smallest absolute Gasteiger partial charge is 0.227 e. The minimum absolute atomic E-state index is 0.0467. The van der Waals surface area contributed by atoms with Gasteiger partial charge >= 0.3 is 0 Å². The molecule has 174 valence electrons. The summed E-state index contributed by atoms with van der Waals surface area (Å²) in [7, 11) is 0. The molecule has 1 saturated heterocycles. The van der Waals surface area contributed by atoms with Gasteiger partial charge in [0.05, 0.1) is 17.6 Å². The lowest BCUT2D eigenvalue weighted by atomic mass is 9.95. The second-order valence-electron chi connectivity index (χ2n) is 8.93. The van der Waals surface area contributed by atoms with Crippen LogP contribution < -0.4 is 5.32 Å². The van der Waals surface area contributed by atoms with Crippen molar-refractivity contribution in [3.8, 4) is 5.69 Å². The summed E-state index contributed by atoms with van der Waals surface area (Å²) in [4.78, 5) is 20.2. The number of carbonyl (C=O) groups excluding carboxylic acids is 1. The number of halogens is 1. The van der Waals surface area contributed by atoms with E-state index >= 15 is 0 Å². The van der Waals surface area contributed by atoms with Gasteiger partial charge in [0.25, 0.3) is 0 Å². The third-order valence-corrected chi connectivity index (χ3v) is 7.12. The number of carbonyl (C=O) groups is 1. The summed E-state index contributed by atoms with van der Waals surface area (Å²) in [5.41, 5.74) is 5.34. The number of aryl methyl sites for hydroxylation is 1. The molecule has 5 rings (SSSR count). The molecular weight excluding hydrogens is 488 g/mol. The molecule has 0 bridgehead atoms. The number of rotatable bonds is 6. The molecule has 6 heteroatoms. The third kappa shape index (κ3) is 4.93. The number of amides is 1. The standard InChI is InChI=1S/C28H29BrN4O/c1-2-20-7-5-9-23(17-20)30-28(34)21-13-15-32(16-14-21)19-27-31-25-11-3-4-12-26(25)33(27)24-10-6-8-22(29)18-24/h3-12,17-18,21H,2,13-16,19H2,1H3,(H,30,34). The highest BCUT2D eigenvalue weighted by Gasteiger charge is 2.26. The lowest BCUT2D eigenvalue weighted by molar-refractivity contribution is -0.121. The summed E-state index contributed by atoms with van der Waals surface area (Å²) in [5, 5.41) is 3.13. The molecule has 0 saturated carbocycles. The van der Waals surface area contributed by atoms with Gasteiger partial charge in [-0.25, -0.2) is 4.98 Å². The predicted molar refractivity (Wildman–Crippen MR) is 141 cm³/mol. The van der Waals surface area contributed by atoms with E-state index in [-0.39, 0.29) is 11.8 Å². The number of hydrogen-bond acceptors (Lipinski definition) is 3. The summed E-state index contributed by atoms with van der Waals surface area (Å²) in [5.74, 6) is 1.21. The zero-order valence-electron chi connectivity index (χ0n) is 19.4. The highest BCUT2D eigenvalue weighted by molar-refractivity contribution is 9.10. The van der Waals surface area contributed by atoms with Gasteiger partial charge in [-0.15, -0.1) is 0 Å². The first kappa shape index (κ1) is 22.8. The minimum atomic E-state index is 0.0467. The van der Waals surface area contributed by atoms with Crippen LogP contribution >= 0.6 is 15.9 Å². The Morgan fingerprint density at radius 3 is 2.62 bits per heavy atom. The lowest BCUT2D eigenvalue weighted by Crippen LogP contribution is -2.38. The Balaban J connectivity index is 1.28. The van der Waals surface area contributed by atoms with Crippen LogP contribution in [0.25, 0.3) is 16.7 Å². The van der Waals surface area contributed by atoms with E-state index in [0.29, 0.717) is 0 Å². The molecule has 1 aromatic heterocycles. The molecule has 5 nitrogen and oxygen atoms in total. The predicted octanol–water partition coefficient (Wildman–Crippen LogP) is 6.20. The average molecular weight is 517 g/mol. The highest BCUT2D eigenvalue weighted by Crippen LogP contribution is 2.26. The number of hydrogen-bond donors (Lipinski definition) is 1. The van der Waals surface area contributed by atoms with Crippen LogP contribution in [-0.2, 0) is 17.8 Å². The number of fused-ring (bicyclic) bond motifs is 1. The molecule has 34 heavy (non-hydrogen) atoms. The Hall–Kier alpha value is -2.96. The number of nitrogens with zero attached hydrogens (tertiary/aromatic N) is 3. The summed E-state index contributed by atoms with van der Waals surface area (Å²) >= 11 is 3.60. The van der Waals surface area contributed by atoms with Crippen LogP contribution in [0.3, 0.4) is 0 Å². The summed E-state index contributed by atoms with van der Waals surface area (Å²) < 4.78 is 3.30. The summed E-state index contributed by atoms with van der Waals surface area (Å²) in [6.45, 7) is 4.65. The minimum Gasteiger partial charge on any atom is -0.326 e. The fourth-order valence-corrected chi connectivity index (χ4v) is 5.14. The first-order valence-corrected chi connectivity index (χ1v) is 12.7. The van der Waals surface area contributed by atoms with E-state index in [9.17, 15) is 4.79 Å². The third-order valence-electron chi connectivity index (χ3n) is 6.62. The van der Waals surface area contributed by atoms with Crippen LogP contribution in [0.1, 0.15) is 31.2 Å². The first-order chi connectivity index (χ1) is 16.6. The molecular formula is C28H29BrN4O. The molecule has 0 aliphatic carbocycles. The van der Waals surface area contributed by atoms with E-state index in [1.54, 1.807) is 0 Å². The summed E-state index contributed by atoms with van der Waals surface area (Å²) in [6.07, 6.45) is 2.68. The molecule has 1 aliphatic rings. The van der Waals surface area contributed by atoms with Crippen LogP contribution in [-0.4, -0.2) is 33.4 Å². The van der Waals surface area contributed by atoms with E-state index in [1.165, 1.54) is 5.56 Å². The number of benzene rings is 3. The van der Waals surface area contributed by atoms with Crippen molar-refractivity contribution in [3.05, 3.63) is 88.7 Å². The molecule has 1 amide bonds. The number of imidazole rings is 1. The number of likely N-dealkylation sites (tertiary alicyclic amines) is 1. The van der Waals surface area contributed by atoms with Gasteiger partial charge in [0.2, 0.25) is 5.91 Å². The van der Waals surface area contributed by atoms with E-state index in [1.807, 2.05) is 24.3 Å². The zero-order valence-corrected chi connectivity index (χ0v) is 21.0. The van der Waals surface area contributed by atoms with Crippen molar-refractivity contribution in [2.24, 2.45) is 5.92 Å². The average Bonchev–Trinajstić information content (AvgIpc) is 3.22. The zero-order chi connectivity index (χ0) is 23.5. The van der Waals surface area contributed by atoms with Crippen molar-refractivity contribution in [2.75, 3.05) is 18.4 Å². The Morgan fingerprint density at radius 1 is 1.03 bits per heavy atom. The maximum absolute atomic E-state index is 12.9. The van der Waals surface area contributed by atoms with Gasteiger partial charge < -0.3 is 5.32 Å². The van der Waals surface area contributed by atoms with Gasteiger partial charge in [-0.1, -0.05) is 53.2 Å². The molecule has 3 aromatic carbocycles. The maximum Gasteiger partial charge on any atom is 0.227 e. The molecule has 2 heterocycles. The second-order valence-corrected chi connectivity index (χ2v) is 9.84. The molecule has 1 N–H and O–H groups in total. The van der Waals surface area contributed by atoms with Crippen molar-refractivity contribution in [2.45, 2.75) is 32.7 Å². The van der Waals surface area contributed by atoms with Gasteiger partial charge in [-0.2, -0.15) is 0 Å². The van der Waals surface area contributed by atoms with Crippen LogP contribution in [0.5, 0.6) is 0 Å². The van der Waals surface area contributed by atoms with Gasteiger partial charge in [0, 0.05) is 21.8 Å². The van der Waals surface area contributed by atoms with Gasteiger partial charge in [-0.05, 0) is 80.4 Å². The first-order valence-electron chi connectivity index (χ1n) is 11.9. The van der Waals surface area contributed by atoms with Gasteiger partial charge in [-0.3, -0.25) is 14.3 Å². The van der Waals surface area contributed by atoms with Crippen molar-refractivity contribution >= 4 is 38.6 Å². The fourth-order valence-electron chi connectivity index (χ4n) is 4.75. The largest absolute Gasteiger partial charge is 0.326 e. The SMILES string of the molecule is CCc1cccc(NC(=O)C2CCN(Cc3nc4ccccc4n3-c3cccc(Br)c3)CC2)c1. The van der Waals surface area contributed by atoms with Crippen LogP contribution in [0.4, 0.5) is 5.69 Å². The van der Waals surface area contributed by atoms with Crippen LogP contribution in [0, 0.1) is 5.92 Å². The van der Waals surface area contributed by atoms with Crippen molar-refractivity contribution in [3.63, 3.8) is 0 Å². The Labute approximate surface area is 208 Å². The number of piperidine rings is 1.